The van der Waals surface area contributed by atoms with Crippen molar-refractivity contribution in [3.05, 3.63) is 40.8 Å². The second kappa shape index (κ2) is 7.93. The number of ether oxygens (including phenoxy) is 1. The van der Waals surface area contributed by atoms with E-state index >= 15 is 0 Å². The van der Waals surface area contributed by atoms with Crippen molar-refractivity contribution in [1.82, 2.24) is 10.2 Å². The minimum atomic E-state index is -1.05. The Morgan fingerprint density at radius 3 is 2.66 bits per heavy atom. The molecular weight excluding hydrogens is 420 g/mol. The van der Waals surface area contributed by atoms with Gasteiger partial charge in [0.1, 0.15) is 16.6 Å². The van der Waals surface area contributed by atoms with Gasteiger partial charge in [0.05, 0.1) is 18.4 Å². The highest BCUT2D eigenvalue weighted by molar-refractivity contribution is 7.14. The van der Waals surface area contributed by atoms with Crippen LogP contribution in [0.3, 0.4) is 0 Å². The molecule has 7 nitrogen and oxygen atoms in total. The van der Waals surface area contributed by atoms with E-state index in [0.717, 1.165) is 72.2 Å². The molecule has 1 atom stereocenters. The van der Waals surface area contributed by atoms with Crippen LogP contribution in [-0.4, -0.2) is 56.6 Å². The fourth-order valence-electron chi connectivity index (χ4n) is 4.66. The van der Waals surface area contributed by atoms with Gasteiger partial charge in [-0.3, -0.25) is 5.73 Å². The van der Waals surface area contributed by atoms with Crippen molar-refractivity contribution >= 4 is 27.9 Å². The average Bonchev–Trinajstić information content (AvgIpc) is 3.31. The van der Waals surface area contributed by atoms with Gasteiger partial charge >= 0.3 is 0 Å². The summed E-state index contributed by atoms with van der Waals surface area (Å²) in [5.41, 5.74) is 10.1. The SMILES string of the molecule is COc1cc(C2(N)N=C(NC3(C)CC3)c3ccsc3N2)ccc1N1CCC(N(C)C)CC1. The number of anilines is 2. The number of piperidine rings is 1. The third-order valence-corrected chi connectivity index (χ3v) is 7.92. The van der Waals surface area contributed by atoms with Gasteiger partial charge in [-0.15, -0.1) is 11.3 Å². The van der Waals surface area contributed by atoms with Gasteiger partial charge in [-0.25, -0.2) is 4.99 Å². The number of methoxy groups -OCH3 is 1. The lowest BCUT2D eigenvalue weighted by Gasteiger charge is -2.38. The van der Waals surface area contributed by atoms with E-state index < -0.39 is 5.79 Å². The van der Waals surface area contributed by atoms with Crippen LogP contribution in [0.4, 0.5) is 10.7 Å². The van der Waals surface area contributed by atoms with Crippen LogP contribution in [-0.2, 0) is 5.79 Å². The van der Waals surface area contributed by atoms with E-state index in [1.807, 2.05) is 6.07 Å². The fourth-order valence-corrected chi connectivity index (χ4v) is 5.51. The largest absolute Gasteiger partial charge is 0.495 e. The number of thiophene rings is 1. The predicted molar refractivity (Wildman–Crippen MR) is 133 cm³/mol. The zero-order valence-electron chi connectivity index (χ0n) is 19.4. The monoisotopic (exact) mass is 454 g/mol. The Morgan fingerprint density at radius 2 is 2.00 bits per heavy atom. The maximum absolute atomic E-state index is 6.88. The zero-order chi connectivity index (χ0) is 22.5. The molecule has 8 heteroatoms. The molecule has 172 valence electrons. The Labute approximate surface area is 194 Å². The Kier molecular flexibility index (Phi) is 5.34. The standard InChI is InChI=1S/C24H34N6OS/c1-23(10-11-23)26-21-18-9-14-32-22(18)28-24(25,27-21)16-5-6-19(20(15-16)31-4)30-12-7-17(8-13-30)29(2)3/h5-6,9,14-15,17,28H,7-8,10-13,25H2,1-4H3,(H,26,27). The summed E-state index contributed by atoms with van der Waals surface area (Å²) < 4.78 is 5.82. The minimum absolute atomic E-state index is 0.122. The summed E-state index contributed by atoms with van der Waals surface area (Å²) in [4.78, 5) is 9.72. The van der Waals surface area contributed by atoms with Crippen molar-refractivity contribution < 1.29 is 4.74 Å². The van der Waals surface area contributed by atoms with Gasteiger partial charge in [0.15, 0.2) is 0 Å². The molecule has 1 saturated heterocycles. The van der Waals surface area contributed by atoms with Crippen LogP contribution < -0.4 is 26.0 Å². The summed E-state index contributed by atoms with van der Waals surface area (Å²) in [6.07, 6.45) is 4.62. The Bertz CT molecular complexity index is 1020. The number of hydrogen-bond acceptors (Lipinski definition) is 8. The normalized spacial score (nSPS) is 24.6. The van der Waals surface area contributed by atoms with Gasteiger partial charge in [-0.1, -0.05) is 6.07 Å². The lowest BCUT2D eigenvalue weighted by atomic mass is 10.0. The molecule has 5 rings (SSSR count). The van der Waals surface area contributed by atoms with Crippen LogP contribution in [0.2, 0.25) is 0 Å². The van der Waals surface area contributed by atoms with Crippen molar-refractivity contribution in [1.29, 1.82) is 0 Å². The number of nitrogens with zero attached hydrogens (tertiary/aromatic N) is 3. The molecular formula is C24H34N6OS. The topological polar surface area (TPSA) is 78.1 Å². The van der Waals surface area contributed by atoms with Crippen LogP contribution in [0.25, 0.3) is 0 Å². The van der Waals surface area contributed by atoms with Gasteiger partial charge in [0.25, 0.3) is 0 Å². The predicted octanol–water partition coefficient (Wildman–Crippen LogP) is 3.37. The summed E-state index contributed by atoms with van der Waals surface area (Å²) in [5, 5.41) is 10.2. The van der Waals surface area contributed by atoms with Crippen molar-refractivity contribution in [3.8, 4) is 5.75 Å². The summed E-state index contributed by atoms with van der Waals surface area (Å²) >= 11 is 1.66. The van der Waals surface area contributed by atoms with Crippen LogP contribution in [0, 0.1) is 0 Å². The molecule has 1 aromatic carbocycles. The average molecular weight is 455 g/mol. The number of rotatable bonds is 5. The number of fused-ring (bicyclic) bond motifs is 1. The number of nitrogens with two attached hydrogens (primary N) is 1. The first-order valence-corrected chi connectivity index (χ1v) is 12.3. The second-order valence-electron chi connectivity index (χ2n) is 9.77. The van der Waals surface area contributed by atoms with Crippen molar-refractivity contribution in [2.75, 3.05) is 44.5 Å². The van der Waals surface area contributed by atoms with Crippen molar-refractivity contribution in [2.24, 2.45) is 10.7 Å². The lowest BCUT2D eigenvalue weighted by molar-refractivity contribution is 0.249. The molecule has 4 N–H and O–H groups in total. The lowest BCUT2D eigenvalue weighted by Crippen LogP contribution is -2.49. The highest BCUT2D eigenvalue weighted by atomic mass is 32.1. The van der Waals surface area contributed by atoms with Gasteiger partial charge in [0, 0.05) is 30.2 Å². The number of amidine groups is 1. The first kappa shape index (κ1) is 21.6. The van der Waals surface area contributed by atoms with Gasteiger partial charge in [0.2, 0.25) is 5.79 Å². The van der Waals surface area contributed by atoms with Crippen molar-refractivity contribution in [2.45, 2.75) is 50.0 Å². The Balaban J connectivity index is 1.43. The first-order valence-electron chi connectivity index (χ1n) is 11.4. The molecule has 1 saturated carbocycles. The summed E-state index contributed by atoms with van der Waals surface area (Å²) in [6, 6.07) is 9.00. The quantitative estimate of drug-likeness (QED) is 0.643. The molecule has 2 aliphatic heterocycles. The Morgan fingerprint density at radius 1 is 1.25 bits per heavy atom. The zero-order valence-corrected chi connectivity index (χ0v) is 20.3. The highest BCUT2D eigenvalue weighted by Gasteiger charge is 2.41. The molecule has 0 bridgehead atoms. The summed E-state index contributed by atoms with van der Waals surface area (Å²) in [6.45, 7) is 4.28. The molecule has 2 fully saturated rings. The third kappa shape index (κ3) is 3.95. The maximum atomic E-state index is 6.88. The molecule has 1 unspecified atom stereocenters. The van der Waals surface area contributed by atoms with Gasteiger partial charge < -0.3 is 25.2 Å². The smallest absolute Gasteiger partial charge is 0.212 e. The van der Waals surface area contributed by atoms with Crippen LogP contribution in [0.1, 0.15) is 43.7 Å². The number of hydrogen-bond donors (Lipinski definition) is 3. The van der Waals surface area contributed by atoms with E-state index in [9.17, 15) is 0 Å². The van der Waals surface area contributed by atoms with E-state index in [0.29, 0.717) is 6.04 Å². The van der Waals surface area contributed by atoms with E-state index in [2.05, 4.69) is 65.0 Å². The molecule has 32 heavy (non-hydrogen) atoms. The molecule has 1 aliphatic carbocycles. The van der Waals surface area contributed by atoms with Crippen molar-refractivity contribution in [3.63, 3.8) is 0 Å². The minimum Gasteiger partial charge on any atom is -0.495 e. The highest BCUT2D eigenvalue weighted by Crippen LogP contribution is 2.41. The molecule has 3 heterocycles. The van der Waals surface area contributed by atoms with Crippen LogP contribution in [0.5, 0.6) is 5.75 Å². The Hall–Kier alpha value is -2.29. The third-order valence-electron chi connectivity index (χ3n) is 7.09. The number of benzene rings is 1. The first-order chi connectivity index (χ1) is 15.3. The number of nitrogens with one attached hydrogen (secondary N) is 2. The maximum Gasteiger partial charge on any atom is 0.212 e. The number of aliphatic imine (C=N–C) groups is 1. The van der Waals surface area contributed by atoms with E-state index in [-0.39, 0.29) is 5.54 Å². The van der Waals surface area contributed by atoms with Gasteiger partial charge in [-0.05, 0) is 70.3 Å². The molecule has 1 aromatic heterocycles. The summed E-state index contributed by atoms with van der Waals surface area (Å²) in [5.74, 6) is 0.666. The molecule has 2 aromatic rings. The van der Waals surface area contributed by atoms with E-state index in [1.54, 1.807) is 18.4 Å². The molecule has 3 aliphatic rings. The molecule has 0 spiro atoms. The van der Waals surface area contributed by atoms with Crippen LogP contribution >= 0.6 is 11.3 Å². The van der Waals surface area contributed by atoms with E-state index in [4.69, 9.17) is 15.5 Å². The van der Waals surface area contributed by atoms with Gasteiger partial charge in [-0.2, -0.15) is 0 Å². The second-order valence-corrected chi connectivity index (χ2v) is 10.7. The van der Waals surface area contributed by atoms with Crippen LogP contribution in [0.15, 0.2) is 34.6 Å². The molecule has 0 amide bonds. The van der Waals surface area contributed by atoms with E-state index in [1.165, 1.54) is 0 Å². The summed E-state index contributed by atoms with van der Waals surface area (Å²) in [7, 11) is 6.06. The molecule has 0 radical (unpaired) electrons. The fraction of sp³-hybridized carbons (Fsp3) is 0.542.